The van der Waals surface area contributed by atoms with Gasteiger partial charge < -0.3 is 15.2 Å². The lowest BCUT2D eigenvalue weighted by atomic mass is 9.87. The van der Waals surface area contributed by atoms with Gasteiger partial charge in [0, 0.05) is 41.9 Å². The van der Waals surface area contributed by atoms with Gasteiger partial charge in [-0.25, -0.2) is 0 Å². The van der Waals surface area contributed by atoms with Crippen LogP contribution in [0.15, 0.2) is 30.5 Å². The van der Waals surface area contributed by atoms with Crippen LogP contribution in [0.25, 0.3) is 0 Å². The van der Waals surface area contributed by atoms with E-state index in [0.717, 1.165) is 50.7 Å². The van der Waals surface area contributed by atoms with Crippen LogP contribution in [0.3, 0.4) is 0 Å². The fourth-order valence-corrected chi connectivity index (χ4v) is 3.91. The minimum atomic E-state index is -0.0542. The highest BCUT2D eigenvalue weighted by Gasteiger charge is 2.31. The molecule has 6 nitrogen and oxygen atoms in total. The first kappa shape index (κ1) is 28.1. The molecule has 1 aromatic carbocycles. The van der Waals surface area contributed by atoms with E-state index in [4.69, 9.17) is 21.4 Å². The van der Waals surface area contributed by atoms with Gasteiger partial charge in [0.05, 0.1) is 18.7 Å². The molecule has 0 saturated carbocycles. The SMILES string of the molecule is CCCCC(CC1NC(CC)Cc2[nH]ncc21)C(=O)OCC.CO.Cc1ccc(Cl)cc1. The number of aromatic amines is 1. The van der Waals surface area contributed by atoms with Crippen LogP contribution in [0, 0.1) is 12.8 Å². The van der Waals surface area contributed by atoms with Gasteiger partial charge in [-0.1, -0.05) is 56.0 Å². The third-order valence-corrected chi connectivity index (χ3v) is 5.82. The van der Waals surface area contributed by atoms with Crippen molar-refractivity contribution in [1.29, 1.82) is 0 Å². The van der Waals surface area contributed by atoms with E-state index in [9.17, 15) is 4.79 Å². The number of rotatable bonds is 8. The number of nitrogens with zero attached hydrogens (tertiary/aromatic N) is 1. The van der Waals surface area contributed by atoms with E-state index in [2.05, 4.69) is 29.4 Å². The summed E-state index contributed by atoms with van der Waals surface area (Å²) in [6, 6.07) is 8.39. The summed E-state index contributed by atoms with van der Waals surface area (Å²) >= 11 is 5.61. The predicted octanol–water partition coefficient (Wildman–Crippen LogP) is 5.39. The average molecular weight is 466 g/mol. The summed E-state index contributed by atoms with van der Waals surface area (Å²) in [5.74, 6) is -0.0860. The second-order valence-corrected chi connectivity index (χ2v) is 8.39. The Bertz CT molecular complexity index is 743. The van der Waals surface area contributed by atoms with Gasteiger partial charge in [-0.3, -0.25) is 9.89 Å². The average Bonchev–Trinajstić information content (AvgIpc) is 3.29. The second-order valence-electron chi connectivity index (χ2n) is 7.95. The number of aliphatic hydroxyl groups excluding tert-OH is 1. The predicted molar refractivity (Wildman–Crippen MR) is 131 cm³/mol. The molecule has 0 amide bonds. The fraction of sp³-hybridized carbons (Fsp3) is 0.600. The molecule has 3 rings (SSSR count). The monoisotopic (exact) mass is 465 g/mol. The van der Waals surface area contributed by atoms with Gasteiger partial charge in [0.25, 0.3) is 0 Å². The van der Waals surface area contributed by atoms with Crippen LogP contribution in [0.5, 0.6) is 0 Å². The maximum absolute atomic E-state index is 12.3. The van der Waals surface area contributed by atoms with Crippen molar-refractivity contribution in [2.45, 2.75) is 78.3 Å². The normalized spacial score (nSPS) is 17.7. The molecule has 3 atom stereocenters. The molecule has 2 aromatic rings. The number of ether oxygens (including phenoxy) is 1. The number of aromatic nitrogens is 2. The molecule has 0 spiro atoms. The largest absolute Gasteiger partial charge is 0.466 e. The number of unbranched alkanes of at least 4 members (excludes halogenated alkanes) is 1. The number of H-pyrrole nitrogens is 1. The van der Waals surface area contributed by atoms with Crippen molar-refractivity contribution in [2.24, 2.45) is 5.92 Å². The van der Waals surface area contributed by atoms with Crippen molar-refractivity contribution in [1.82, 2.24) is 15.5 Å². The summed E-state index contributed by atoms with van der Waals surface area (Å²) in [5.41, 5.74) is 3.68. The Balaban J connectivity index is 0.000000427. The lowest BCUT2D eigenvalue weighted by Gasteiger charge is -2.32. The van der Waals surface area contributed by atoms with Gasteiger partial charge in [-0.05, 0) is 45.2 Å². The molecule has 0 aliphatic carbocycles. The highest BCUT2D eigenvalue weighted by Crippen LogP contribution is 2.31. The minimum Gasteiger partial charge on any atom is -0.466 e. The summed E-state index contributed by atoms with van der Waals surface area (Å²) in [7, 11) is 1.00. The van der Waals surface area contributed by atoms with Crippen LogP contribution >= 0.6 is 11.6 Å². The van der Waals surface area contributed by atoms with Gasteiger partial charge in [-0.2, -0.15) is 5.10 Å². The highest BCUT2D eigenvalue weighted by atomic mass is 35.5. The Morgan fingerprint density at radius 3 is 2.50 bits per heavy atom. The molecule has 3 unspecified atom stereocenters. The van der Waals surface area contributed by atoms with Crippen molar-refractivity contribution >= 4 is 17.6 Å². The Labute approximate surface area is 198 Å². The quantitative estimate of drug-likeness (QED) is 0.455. The van der Waals surface area contributed by atoms with E-state index < -0.39 is 0 Å². The zero-order chi connectivity index (χ0) is 23.9. The number of hydrogen-bond acceptors (Lipinski definition) is 5. The highest BCUT2D eigenvalue weighted by molar-refractivity contribution is 6.30. The zero-order valence-corrected chi connectivity index (χ0v) is 20.9. The standard InChI is InChI=1S/C17H29N3O2.C7H7Cl.CH4O/c1-4-7-8-12(17(21)22-6-3)9-15-14-11-18-20-16(14)10-13(5-2)19-15;1-6-2-4-7(8)5-3-6;1-2/h11-13,15,19H,4-10H2,1-3H3,(H,18,20);2-5H,1H3;2H,1H3. The lowest BCUT2D eigenvalue weighted by Crippen LogP contribution is -2.40. The first-order valence-electron chi connectivity index (χ1n) is 11.6. The van der Waals surface area contributed by atoms with Gasteiger partial charge in [0.1, 0.15) is 0 Å². The van der Waals surface area contributed by atoms with E-state index in [-0.39, 0.29) is 17.9 Å². The van der Waals surface area contributed by atoms with E-state index in [0.29, 0.717) is 12.6 Å². The molecule has 0 radical (unpaired) electrons. The van der Waals surface area contributed by atoms with Crippen molar-refractivity contribution in [3.8, 4) is 0 Å². The summed E-state index contributed by atoms with van der Waals surface area (Å²) in [6.07, 6.45) is 7.82. The molecule has 0 fully saturated rings. The summed E-state index contributed by atoms with van der Waals surface area (Å²) < 4.78 is 5.28. The summed E-state index contributed by atoms with van der Waals surface area (Å²) in [4.78, 5) is 12.3. The second kappa shape index (κ2) is 15.8. The third kappa shape index (κ3) is 9.31. The lowest BCUT2D eigenvalue weighted by molar-refractivity contribution is -0.148. The Hall–Kier alpha value is -1.89. The number of esters is 1. The van der Waals surface area contributed by atoms with Crippen LogP contribution in [0.4, 0.5) is 0 Å². The molecular formula is C25H40ClN3O3. The molecule has 1 aromatic heterocycles. The van der Waals surface area contributed by atoms with Crippen molar-refractivity contribution in [3.05, 3.63) is 52.3 Å². The van der Waals surface area contributed by atoms with Crippen molar-refractivity contribution in [3.63, 3.8) is 0 Å². The molecule has 7 heteroatoms. The molecule has 32 heavy (non-hydrogen) atoms. The maximum Gasteiger partial charge on any atom is 0.308 e. The van der Waals surface area contributed by atoms with E-state index >= 15 is 0 Å². The van der Waals surface area contributed by atoms with Gasteiger partial charge >= 0.3 is 5.97 Å². The fourth-order valence-electron chi connectivity index (χ4n) is 3.78. The Morgan fingerprint density at radius 1 is 1.25 bits per heavy atom. The zero-order valence-electron chi connectivity index (χ0n) is 20.2. The topological polar surface area (TPSA) is 87.2 Å². The minimum absolute atomic E-state index is 0.0317. The number of fused-ring (bicyclic) bond motifs is 1. The number of carbonyl (C=O) groups is 1. The molecule has 2 heterocycles. The third-order valence-electron chi connectivity index (χ3n) is 5.56. The number of aryl methyl sites for hydroxylation is 1. The molecule has 0 bridgehead atoms. The van der Waals surface area contributed by atoms with Gasteiger partial charge in [0.15, 0.2) is 0 Å². The number of nitrogens with one attached hydrogen (secondary N) is 2. The van der Waals surface area contributed by atoms with Crippen LogP contribution < -0.4 is 5.32 Å². The first-order chi connectivity index (χ1) is 15.5. The molecular weight excluding hydrogens is 426 g/mol. The van der Waals surface area contributed by atoms with Crippen LogP contribution in [-0.4, -0.2) is 41.0 Å². The number of halogens is 1. The summed E-state index contributed by atoms with van der Waals surface area (Å²) in [6.45, 7) is 8.71. The molecule has 0 saturated heterocycles. The van der Waals surface area contributed by atoms with E-state index in [1.165, 1.54) is 16.8 Å². The Morgan fingerprint density at radius 2 is 1.94 bits per heavy atom. The number of carbonyl (C=O) groups excluding carboxylic acids is 1. The first-order valence-corrected chi connectivity index (χ1v) is 12.0. The van der Waals surface area contributed by atoms with Crippen molar-refractivity contribution < 1.29 is 14.6 Å². The molecule has 1 aliphatic heterocycles. The van der Waals surface area contributed by atoms with Crippen LogP contribution in [0.1, 0.15) is 75.7 Å². The molecule has 180 valence electrons. The number of hydrogen-bond donors (Lipinski definition) is 3. The maximum atomic E-state index is 12.3. The van der Waals surface area contributed by atoms with E-state index in [1.807, 2.05) is 44.3 Å². The van der Waals surface area contributed by atoms with Gasteiger partial charge in [0.2, 0.25) is 0 Å². The smallest absolute Gasteiger partial charge is 0.308 e. The van der Waals surface area contributed by atoms with Crippen LogP contribution in [0.2, 0.25) is 5.02 Å². The van der Waals surface area contributed by atoms with Crippen molar-refractivity contribution in [2.75, 3.05) is 13.7 Å². The Kier molecular flexibility index (Phi) is 13.9. The molecule has 3 N–H and O–H groups in total. The molecule has 1 aliphatic rings. The summed E-state index contributed by atoms with van der Waals surface area (Å²) in [5, 5.41) is 18.8. The number of benzene rings is 1. The van der Waals surface area contributed by atoms with Crippen LogP contribution in [-0.2, 0) is 16.0 Å². The number of aliphatic hydroxyl groups is 1. The van der Waals surface area contributed by atoms with Gasteiger partial charge in [-0.15, -0.1) is 0 Å². The van der Waals surface area contributed by atoms with E-state index in [1.54, 1.807) is 0 Å².